The summed E-state index contributed by atoms with van der Waals surface area (Å²) >= 11 is 0. The highest BCUT2D eigenvalue weighted by Gasteiger charge is 2.59. The quantitative estimate of drug-likeness (QED) is 0.0617. The lowest BCUT2D eigenvalue weighted by molar-refractivity contribution is -0.0641. The number of fused-ring (bicyclic) bond motifs is 5. The van der Waals surface area contributed by atoms with E-state index in [1.54, 1.807) is 5.57 Å². The van der Waals surface area contributed by atoms with Crippen LogP contribution < -0.4 is 0 Å². The van der Waals surface area contributed by atoms with Crippen molar-refractivity contribution in [2.24, 2.45) is 46.3 Å². The smallest absolute Gasteiger partial charge is 0.0934 e. The molecule has 4 aliphatic carbocycles. The second kappa shape index (κ2) is 23.2. The van der Waals surface area contributed by atoms with Gasteiger partial charge < -0.3 is 19.1 Å². The summed E-state index contributed by atoms with van der Waals surface area (Å²) in [5.74, 6) is 5.51. The van der Waals surface area contributed by atoms with Crippen LogP contribution >= 0.6 is 0 Å². The molecule has 1 saturated heterocycles. The zero-order valence-corrected chi connectivity index (χ0v) is 37.0. The molecule has 0 aromatic carbocycles. The van der Waals surface area contributed by atoms with Crippen molar-refractivity contribution in [3.63, 3.8) is 0 Å². The summed E-state index contributed by atoms with van der Waals surface area (Å²) in [6.45, 7) is 22.1. The fourth-order valence-corrected chi connectivity index (χ4v) is 12.8. The molecule has 0 unspecified atom stereocenters. The third kappa shape index (κ3) is 12.8. The number of nitrogens with zero attached hydrogens (tertiary/aromatic N) is 1. The number of likely N-dealkylation sites (tertiary alicyclic amines) is 1. The summed E-state index contributed by atoms with van der Waals surface area (Å²) in [6.07, 6.45) is 37.2. The van der Waals surface area contributed by atoms with Gasteiger partial charge in [-0.15, -0.1) is 0 Å². The van der Waals surface area contributed by atoms with Gasteiger partial charge >= 0.3 is 0 Å². The molecule has 9 atom stereocenters. The molecule has 0 aromatic heterocycles. The van der Waals surface area contributed by atoms with Crippen molar-refractivity contribution < 1.29 is 14.2 Å². The van der Waals surface area contributed by atoms with Crippen molar-refractivity contribution in [2.45, 2.75) is 214 Å². The molecule has 0 bridgehead atoms. The topological polar surface area (TPSA) is 30.9 Å². The molecule has 0 N–H and O–H groups in total. The number of allylic oxidation sites excluding steroid dienone is 1. The Morgan fingerprint density at radius 1 is 0.741 bits per heavy atom. The molecule has 0 aromatic rings. The number of unbranched alkanes of at least 4 members (excludes halogenated alkanes) is 10. The maximum atomic E-state index is 6.60. The minimum absolute atomic E-state index is 0.236. The monoisotopic (exact) mass is 754 g/mol. The van der Waals surface area contributed by atoms with Crippen LogP contribution in [0.3, 0.4) is 0 Å². The maximum Gasteiger partial charge on any atom is 0.0934 e. The summed E-state index contributed by atoms with van der Waals surface area (Å²) in [4.78, 5) is 2.58. The Kier molecular flexibility index (Phi) is 19.2. The zero-order chi connectivity index (χ0) is 38.2. The standard InChI is InChI=1S/C50H91NO3/c1-7-8-9-10-13-18-34-52-39-44(38-51-32-16-17-33-51)54-36-20-15-12-11-14-19-35-53-43-28-30-49(5)42(37-43)24-25-45-47-27-26-46(41(4)23-21-22-40(2)3)50(47,6)31-29-48(45)49/h24,40-41,43-48H,7-23,25-39H2,1-6H3/t41-,43+,44+,45+,46-,47+,48+,49+,50-/m1/s1. The molecule has 314 valence electrons. The van der Waals surface area contributed by atoms with E-state index < -0.39 is 0 Å². The van der Waals surface area contributed by atoms with Gasteiger partial charge in [0.05, 0.1) is 18.8 Å². The summed E-state index contributed by atoms with van der Waals surface area (Å²) in [5.41, 5.74) is 2.81. The normalized spacial score (nSPS) is 32.4. The Labute approximate surface area is 336 Å². The Hall–Kier alpha value is -0.420. The van der Waals surface area contributed by atoms with Gasteiger partial charge in [0, 0.05) is 26.4 Å². The van der Waals surface area contributed by atoms with Gasteiger partial charge in [-0.05, 0) is 143 Å². The molecule has 0 amide bonds. The fraction of sp³-hybridized carbons (Fsp3) is 0.960. The van der Waals surface area contributed by atoms with Crippen molar-refractivity contribution in [1.82, 2.24) is 4.90 Å². The number of hydrogen-bond acceptors (Lipinski definition) is 4. The van der Waals surface area contributed by atoms with Gasteiger partial charge in [0.15, 0.2) is 0 Å². The van der Waals surface area contributed by atoms with Crippen LogP contribution in [0.15, 0.2) is 11.6 Å². The summed E-state index contributed by atoms with van der Waals surface area (Å²) in [6, 6.07) is 0. The van der Waals surface area contributed by atoms with Crippen LogP contribution in [0, 0.1) is 46.3 Å². The van der Waals surface area contributed by atoms with Crippen molar-refractivity contribution >= 4 is 0 Å². The molecule has 5 rings (SSSR count). The van der Waals surface area contributed by atoms with Crippen molar-refractivity contribution in [3.8, 4) is 0 Å². The van der Waals surface area contributed by atoms with Crippen LogP contribution in [0.5, 0.6) is 0 Å². The van der Waals surface area contributed by atoms with E-state index in [1.807, 2.05) is 0 Å². The Bertz CT molecular complexity index is 1050. The van der Waals surface area contributed by atoms with Crippen molar-refractivity contribution in [3.05, 3.63) is 11.6 Å². The van der Waals surface area contributed by atoms with E-state index >= 15 is 0 Å². The summed E-state index contributed by atoms with van der Waals surface area (Å²) in [5, 5.41) is 0. The van der Waals surface area contributed by atoms with Crippen molar-refractivity contribution in [1.29, 1.82) is 0 Å². The van der Waals surface area contributed by atoms with Crippen LogP contribution in [-0.4, -0.2) is 63.2 Å². The Balaban J connectivity index is 0.926. The minimum atomic E-state index is 0.236. The first-order valence-electron chi connectivity index (χ1n) is 24.5. The van der Waals surface area contributed by atoms with E-state index in [1.165, 1.54) is 174 Å². The highest BCUT2D eigenvalue weighted by atomic mass is 16.5. The fourth-order valence-electron chi connectivity index (χ4n) is 12.8. The number of ether oxygens (including phenoxy) is 3. The molecule has 5 aliphatic rings. The lowest BCUT2D eigenvalue weighted by atomic mass is 9.47. The molecule has 54 heavy (non-hydrogen) atoms. The first kappa shape index (κ1) is 44.7. The van der Waals surface area contributed by atoms with E-state index in [2.05, 4.69) is 52.5 Å². The average molecular weight is 754 g/mol. The summed E-state index contributed by atoms with van der Waals surface area (Å²) < 4.78 is 19.1. The van der Waals surface area contributed by atoms with Gasteiger partial charge in [0.2, 0.25) is 0 Å². The molecular formula is C50H91NO3. The molecule has 3 saturated carbocycles. The second-order valence-corrected chi connectivity index (χ2v) is 20.5. The molecular weight excluding hydrogens is 663 g/mol. The minimum Gasteiger partial charge on any atom is -0.379 e. The van der Waals surface area contributed by atoms with Gasteiger partial charge in [-0.3, -0.25) is 0 Å². The van der Waals surface area contributed by atoms with Gasteiger partial charge in [-0.2, -0.15) is 0 Å². The van der Waals surface area contributed by atoms with Crippen LogP contribution in [0.2, 0.25) is 0 Å². The molecule has 4 nitrogen and oxygen atoms in total. The van der Waals surface area contributed by atoms with Crippen LogP contribution in [-0.2, 0) is 14.2 Å². The largest absolute Gasteiger partial charge is 0.379 e. The third-order valence-corrected chi connectivity index (χ3v) is 16.1. The third-order valence-electron chi connectivity index (χ3n) is 16.1. The molecule has 4 heteroatoms. The highest BCUT2D eigenvalue weighted by molar-refractivity contribution is 5.25. The van der Waals surface area contributed by atoms with Gasteiger partial charge in [-0.1, -0.05) is 130 Å². The predicted molar refractivity (Wildman–Crippen MR) is 230 cm³/mol. The molecule has 4 fully saturated rings. The van der Waals surface area contributed by atoms with Gasteiger partial charge in [-0.25, -0.2) is 0 Å². The van der Waals surface area contributed by atoms with Crippen LogP contribution in [0.25, 0.3) is 0 Å². The van der Waals surface area contributed by atoms with Gasteiger partial charge in [0.25, 0.3) is 0 Å². The first-order chi connectivity index (χ1) is 26.2. The van der Waals surface area contributed by atoms with E-state index in [4.69, 9.17) is 14.2 Å². The van der Waals surface area contributed by atoms with Crippen LogP contribution in [0.4, 0.5) is 0 Å². The second-order valence-electron chi connectivity index (χ2n) is 20.5. The van der Waals surface area contributed by atoms with E-state index in [9.17, 15) is 0 Å². The lowest BCUT2D eigenvalue weighted by Crippen LogP contribution is -2.51. The van der Waals surface area contributed by atoms with E-state index in [-0.39, 0.29) is 6.10 Å². The predicted octanol–water partition coefficient (Wildman–Crippen LogP) is 13.6. The maximum absolute atomic E-state index is 6.60. The lowest BCUT2D eigenvalue weighted by Gasteiger charge is -2.58. The average Bonchev–Trinajstić information content (AvgIpc) is 3.80. The zero-order valence-electron chi connectivity index (χ0n) is 37.0. The van der Waals surface area contributed by atoms with E-state index in [0.29, 0.717) is 16.9 Å². The number of hydrogen-bond donors (Lipinski definition) is 0. The SMILES string of the molecule is CCCCCCCCOC[C@H](CN1CCCC1)OCCCCCCCCO[C@H]1CC[C@@]2(C)C(=CC[C@H]3[C@@H]4CC[C@H]([C@H](C)CCCC(C)C)[C@@]4(C)CC[C@@H]32)C1. The molecule has 0 spiro atoms. The number of rotatable bonds is 27. The molecule has 0 radical (unpaired) electrons. The molecule has 1 aliphatic heterocycles. The highest BCUT2D eigenvalue weighted by Crippen LogP contribution is 2.67. The summed E-state index contributed by atoms with van der Waals surface area (Å²) in [7, 11) is 0. The first-order valence-corrected chi connectivity index (χ1v) is 24.5. The van der Waals surface area contributed by atoms with Gasteiger partial charge in [0.1, 0.15) is 0 Å². The van der Waals surface area contributed by atoms with Crippen LogP contribution in [0.1, 0.15) is 202 Å². The van der Waals surface area contributed by atoms with Crippen molar-refractivity contribution in [2.75, 3.05) is 46.1 Å². The molecule has 1 heterocycles. The Morgan fingerprint density at radius 3 is 2.19 bits per heavy atom. The Morgan fingerprint density at radius 2 is 1.44 bits per heavy atom. The van der Waals surface area contributed by atoms with E-state index in [0.717, 1.165) is 68.5 Å².